The van der Waals surface area contributed by atoms with Crippen LogP contribution in [0.2, 0.25) is 0 Å². The number of nitro benzene ring substituents is 1. The second kappa shape index (κ2) is 8.32. The lowest BCUT2D eigenvalue weighted by atomic mass is 10.1. The van der Waals surface area contributed by atoms with E-state index in [1.54, 1.807) is 36.5 Å². The number of rotatable bonds is 5. The van der Waals surface area contributed by atoms with E-state index in [0.29, 0.717) is 28.0 Å². The highest BCUT2D eigenvalue weighted by atomic mass is 79.9. The number of carbonyl (C=O) groups is 2. The third kappa shape index (κ3) is 4.41. The Hall–Kier alpha value is -4.12. The Kier molecular flexibility index (Phi) is 5.41. The van der Waals surface area contributed by atoms with Gasteiger partial charge in [-0.05, 0) is 52.3 Å². The normalized spacial score (nSPS) is 10.6. The van der Waals surface area contributed by atoms with Crippen LogP contribution in [0.25, 0.3) is 10.9 Å². The van der Waals surface area contributed by atoms with Crippen molar-refractivity contribution in [2.45, 2.75) is 0 Å². The summed E-state index contributed by atoms with van der Waals surface area (Å²) < 4.78 is 0.784. The summed E-state index contributed by atoms with van der Waals surface area (Å²) in [6, 6.07) is 13.8. The number of H-pyrrole nitrogens is 1. The van der Waals surface area contributed by atoms with Crippen LogP contribution in [-0.4, -0.2) is 31.9 Å². The standard InChI is InChI=1S/C20H13BrN6O4/c21-12-4-7-17(22-10-12)24-19(28)11-2-1-3-13(8-11)23-20(29)18-15-9-14(27(30)31)5-6-16(15)25-26-18/h1-10H,(H,23,29)(H,25,26)(H,22,24,28). The largest absolute Gasteiger partial charge is 0.321 e. The average molecular weight is 481 g/mol. The average Bonchev–Trinajstić information content (AvgIpc) is 3.19. The number of benzene rings is 2. The molecule has 0 aliphatic heterocycles. The maximum Gasteiger partial charge on any atom is 0.276 e. The SMILES string of the molecule is O=C(Nc1ccc(Br)cn1)c1cccc(NC(=O)c2n[nH]c3ccc([N+](=O)[O-])cc23)c1. The van der Waals surface area contributed by atoms with E-state index in [2.05, 4.69) is 41.7 Å². The molecule has 0 saturated carbocycles. The van der Waals surface area contributed by atoms with Gasteiger partial charge in [0.1, 0.15) is 5.82 Å². The van der Waals surface area contributed by atoms with Crippen molar-refractivity contribution in [3.63, 3.8) is 0 Å². The fourth-order valence-corrected chi connectivity index (χ4v) is 3.09. The first kappa shape index (κ1) is 20.2. The van der Waals surface area contributed by atoms with Crippen LogP contribution in [0.5, 0.6) is 0 Å². The van der Waals surface area contributed by atoms with Crippen molar-refractivity contribution in [3.8, 4) is 0 Å². The first-order chi connectivity index (χ1) is 14.9. The van der Waals surface area contributed by atoms with Crippen LogP contribution in [-0.2, 0) is 0 Å². The number of fused-ring (bicyclic) bond motifs is 1. The number of nitro groups is 1. The Labute approximate surface area is 183 Å². The van der Waals surface area contributed by atoms with Crippen LogP contribution < -0.4 is 10.6 Å². The number of aromatic nitrogens is 3. The van der Waals surface area contributed by atoms with E-state index >= 15 is 0 Å². The second-order valence-electron chi connectivity index (χ2n) is 6.41. The quantitative estimate of drug-likeness (QED) is 0.289. The van der Waals surface area contributed by atoms with Crippen LogP contribution in [0.4, 0.5) is 17.2 Å². The molecular weight excluding hydrogens is 468 g/mol. The molecule has 10 nitrogen and oxygen atoms in total. The minimum Gasteiger partial charge on any atom is -0.321 e. The summed E-state index contributed by atoms with van der Waals surface area (Å²) in [5.41, 5.74) is 1.02. The fourth-order valence-electron chi connectivity index (χ4n) is 2.86. The summed E-state index contributed by atoms with van der Waals surface area (Å²) in [7, 11) is 0. The molecule has 4 rings (SSSR count). The maximum atomic E-state index is 12.7. The van der Waals surface area contributed by atoms with Gasteiger partial charge in [0.05, 0.1) is 10.4 Å². The van der Waals surface area contributed by atoms with Crippen molar-refractivity contribution in [1.29, 1.82) is 0 Å². The van der Waals surface area contributed by atoms with Gasteiger partial charge in [0.25, 0.3) is 17.5 Å². The van der Waals surface area contributed by atoms with Crippen molar-refractivity contribution in [1.82, 2.24) is 15.2 Å². The number of hydrogen-bond donors (Lipinski definition) is 3. The van der Waals surface area contributed by atoms with E-state index in [1.165, 1.54) is 24.3 Å². The summed E-state index contributed by atoms with van der Waals surface area (Å²) in [6.07, 6.45) is 1.56. The van der Waals surface area contributed by atoms with E-state index in [4.69, 9.17) is 0 Å². The number of non-ortho nitro benzene ring substituents is 1. The zero-order valence-electron chi connectivity index (χ0n) is 15.6. The van der Waals surface area contributed by atoms with Gasteiger partial charge >= 0.3 is 0 Å². The molecule has 0 bridgehead atoms. The van der Waals surface area contributed by atoms with Crippen LogP contribution in [0.15, 0.2) is 65.3 Å². The first-order valence-electron chi connectivity index (χ1n) is 8.87. The molecule has 0 atom stereocenters. The van der Waals surface area contributed by atoms with Crippen LogP contribution in [0.3, 0.4) is 0 Å². The lowest BCUT2D eigenvalue weighted by molar-refractivity contribution is -0.384. The number of aromatic amines is 1. The number of nitrogens with one attached hydrogen (secondary N) is 3. The van der Waals surface area contributed by atoms with E-state index in [-0.39, 0.29) is 11.4 Å². The molecule has 2 heterocycles. The minimum absolute atomic E-state index is 0.00705. The Bertz CT molecular complexity index is 1320. The van der Waals surface area contributed by atoms with E-state index < -0.39 is 16.7 Å². The molecule has 0 aliphatic rings. The zero-order chi connectivity index (χ0) is 22.0. The molecule has 4 aromatic rings. The number of pyridine rings is 1. The molecule has 0 unspecified atom stereocenters. The molecule has 2 aromatic heterocycles. The number of halogens is 1. The lowest BCUT2D eigenvalue weighted by Crippen LogP contribution is -2.15. The molecule has 2 aromatic carbocycles. The monoisotopic (exact) mass is 480 g/mol. The Morgan fingerprint density at radius 1 is 1.03 bits per heavy atom. The topological polar surface area (TPSA) is 143 Å². The Morgan fingerprint density at radius 3 is 2.61 bits per heavy atom. The third-order valence-corrected chi connectivity index (χ3v) is 4.79. The molecule has 3 N–H and O–H groups in total. The number of carbonyl (C=O) groups excluding carboxylic acids is 2. The highest BCUT2D eigenvalue weighted by Gasteiger charge is 2.18. The molecular formula is C20H13BrN6O4. The van der Waals surface area contributed by atoms with Gasteiger partial charge in [0.2, 0.25) is 0 Å². The summed E-state index contributed by atoms with van der Waals surface area (Å²) in [5, 5.41) is 23.3. The van der Waals surface area contributed by atoms with Crippen LogP contribution >= 0.6 is 15.9 Å². The van der Waals surface area contributed by atoms with Crippen molar-refractivity contribution in [3.05, 3.63) is 86.6 Å². The molecule has 2 amide bonds. The van der Waals surface area contributed by atoms with Gasteiger partial charge in [-0.1, -0.05) is 6.07 Å². The number of hydrogen-bond acceptors (Lipinski definition) is 6. The lowest BCUT2D eigenvalue weighted by Gasteiger charge is -2.07. The predicted octanol–water partition coefficient (Wildman–Crippen LogP) is 4.13. The van der Waals surface area contributed by atoms with Crippen molar-refractivity contribution < 1.29 is 14.5 Å². The second-order valence-corrected chi connectivity index (χ2v) is 7.33. The third-order valence-electron chi connectivity index (χ3n) is 4.32. The summed E-state index contributed by atoms with van der Waals surface area (Å²) in [4.78, 5) is 39.7. The van der Waals surface area contributed by atoms with Gasteiger partial charge < -0.3 is 10.6 Å². The fraction of sp³-hybridized carbons (Fsp3) is 0. The molecule has 31 heavy (non-hydrogen) atoms. The molecule has 0 saturated heterocycles. The van der Waals surface area contributed by atoms with Crippen molar-refractivity contribution >= 4 is 55.8 Å². The first-order valence-corrected chi connectivity index (χ1v) is 9.67. The molecule has 0 spiro atoms. The zero-order valence-corrected chi connectivity index (χ0v) is 17.2. The van der Waals surface area contributed by atoms with Gasteiger partial charge in [0, 0.05) is 39.4 Å². The van der Waals surface area contributed by atoms with Crippen molar-refractivity contribution in [2.75, 3.05) is 10.6 Å². The summed E-state index contributed by atoms with van der Waals surface area (Å²) in [6.45, 7) is 0. The minimum atomic E-state index is -0.570. The van der Waals surface area contributed by atoms with Gasteiger partial charge in [0.15, 0.2) is 5.69 Å². The van der Waals surface area contributed by atoms with Gasteiger partial charge in [-0.3, -0.25) is 24.8 Å². The molecule has 0 aliphatic carbocycles. The number of amides is 2. The Balaban J connectivity index is 1.53. The van der Waals surface area contributed by atoms with Gasteiger partial charge in [-0.15, -0.1) is 0 Å². The van der Waals surface area contributed by atoms with E-state index in [9.17, 15) is 19.7 Å². The predicted molar refractivity (Wildman–Crippen MR) is 117 cm³/mol. The van der Waals surface area contributed by atoms with Gasteiger partial charge in [-0.25, -0.2) is 4.98 Å². The summed E-state index contributed by atoms with van der Waals surface area (Å²) in [5.74, 6) is -0.585. The molecule has 0 fully saturated rings. The Morgan fingerprint density at radius 2 is 1.87 bits per heavy atom. The number of anilines is 2. The van der Waals surface area contributed by atoms with Crippen molar-refractivity contribution in [2.24, 2.45) is 0 Å². The number of nitrogens with zero attached hydrogens (tertiary/aromatic N) is 3. The van der Waals surface area contributed by atoms with Gasteiger partial charge in [-0.2, -0.15) is 5.10 Å². The maximum absolute atomic E-state index is 12.7. The molecule has 0 radical (unpaired) electrons. The highest BCUT2D eigenvalue weighted by Crippen LogP contribution is 2.23. The van der Waals surface area contributed by atoms with E-state index in [1.807, 2.05) is 0 Å². The van der Waals surface area contributed by atoms with E-state index in [0.717, 1.165) is 4.47 Å². The van der Waals surface area contributed by atoms with Crippen LogP contribution in [0, 0.1) is 10.1 Å². The summed E-state index contributed by atoms with van der Waals surface area (Å²) >= 11 is 3.28. The van der Waals surface area contributed by atoms with Crippen LogP contribution in [0.1, 0.15) is 20.8 Å². The molecule has 154 valence electrons. The molecule has 11 heteroatoms. The highest BCUT2D eigenvalue weighted by molar-refractivity contribution is 9.10. The smallest absolute Gasteiger partial charge is 0.276 e.